The summed E-state index contributed by atoms with van der Waals surface area (Å²) in [4.78, 5) is 16.3. The monoisotopic (exact) mass is 343 g/mol. The zero-order valence-electron chi connectivity index (χ0n) is 12.7. The summed E-state index contributed by atoms with van der Waals surface area (Å²) in [7, 11) is 0. The maximum absolute atomic E-state index is 12.7. The van der Waals surface area contributed by atoms with Crippen LogP contribution in [0.4, 0.5) is 8.78 Å². The third-order valence-corrected chi connectivity index (χ3v) is 4.02. The Labute approximate surface area is 137 Å². The van der Waals surface area contributed by atoms with Crippen LogP contribution in [0.2, 0.25) is 0 Å². The number of carbonyl (C=O) groups is 1. The second kappa shape index (κ2) is 8.26. The van der Waals surface area contributed by atoms with Gasteiger partial charge in [0.05, 0.1) is 11.0 Å². The van der Waals surface area contributed by atoms with Crippen LogP contribution in [0, 0.1) is 0 Å². The number of fused-ring (bicyclic) bond motifs is 1. The van der Waals surface area contributed by atoms with E-state index in [0.29, 0.717) is 35.6 Å². The van der Waals surface area contributed by atoms with Gasteiger partial charge in [0.1, 0.15) is 6.54 Å². The Morgan fingerprint density at radius 3 is 2.87 bits per heavy atom. The molecular weight excluding hydrogens is 324 g/mol. The van der Waals surface area contributed by atoms with Crippen LogP contribution < -0.4 is 5.32 Å². The van der Waals surface area contributed by atoms with Crippen molar-refractivity contribution in [3.63, 3.8) is 0 Å². The van der Waals surface area contributed by atoms with Crippen molar-refractivity contribution >= 4 is 28.7 Å². The van der Waals surface area contributed by atoms with Gasteiger partial charge in [-0.25, -0.2) is 4.98 Å². The van der Waals surface area contributed by atoms with E-state index in [1.165, 1.54) is 4.57 Å². The van der Waals surface area contributed by atoms with Gasteiger partial charge in [0.25, 0.3) is 5.76 Å². The molecule has 1 amide bonds. The van der Waals surface area contributed by atoms with Crippen molar-refractivity contribution in [1.82, 2.24) is 14.9 Å². The highest BCUT2D eigenvalue weighted by Crippen LogP contribution is 2.28. The molecule has 1 aromatic heterocycles. The zero-order chi connectivity index (χ0) is 16.8. The van der Waals surface area contributed by atoms with Crippen molar-refractivity contribution in [2.45, 2.75) is 43.3 Å². The number of alkyl halides is 2. The van der Waals surface area contributed by atoms with E-state index >= 15 is 0 Å². The first-order chi connectivity index (χ1) is 11.0. The van der Waals surface area contributed by atoms with Crippen LogP contribution in [0.15, 0.2) is 29.4 Å². The van der Waals surface area contributed by atoms with Gasteiger partial charge < -0.3 is 15.0 Å². The Kier molecular flexibility index (Phi) is 6.35. The molecule has 1 unspecified atom stereocenters. The van der Waals surface area contributed by atoms with E-state index in [-0.39, 0.29) is 30.3 Å². The van der Waals surface area contributed by atoms with Crippen molar-refractivity contribution in [3.05, 3.63) is 24.3 Å². The van der Waals surface area contributed by atoms with Gasteiger partial charge in [-0.3, -0.25) is 4.79 Å². The number of benzene rings is 1. The first-order valence-corrected chi connectivity index (χ1v) is 8.19. The number of thioether (sulfide) groups is 1. The Hall–Kier alpha value is -1.67. The molecule has 1 heterocycles. The maximum atomic E-state index is 12.7. The van der Waals surface area contributed by atoms with Crippen molar-refractivity contribution < 1.29 is 18.7 Å². The normalized spacial score (nSPS) is 12.7. The fourth-order valence-corrected chi connectivity index (χ4v) is 2.91. The van der Waals surface area contributed by atoms with Crippen LogP contribution in [-0.2, 0) is 11.3 Å². The lowest BCUT2D eigenvalue weighted by atomic mass is 10.2. The molecule has 0 saturated heterocycles. The number of hydrogen-bond donors (Lipinski definition) is 2. The molecule has 0 aliphatic heterocycles. The van der Waals surface area contributed by atoms with E-state index in [1.54, 1.807) is 24.3 Å². The number of imidazole rings is 1. The van der Waals surface area contributed by atoms with Crippen molar-refractivity contribution in [2.24, 2.45) is 0 Å². The van der Waals surface area contributed by atoms with Crippen LogP contribution in [0.3, 0.4) is 0 Å². The van der Waals surface area contributed by atoms with Gasteiger partial charge in [0.2, 0.25) is 5.91 Å². The summed E-state index contributed by atoms with van der Waals surface area (Å²) >= 11 is 0.331. The number of rotatable bonds is 8. The number of nitrogens with zero attached hydrogens (tertiary/aromatic N) is 2. The Morgan fingerprint density at radius 2 is 2.17 bits per heavy atom. The molecule has 5 nitrogen and oxygen atoms in total. The van der Waals surface area contributed by atoms with Gasteiger partial charge in [-0.1, -0.05) is 12.1 Å². The van der Waals surface area contributed by atoms with Crippen LogP contribution in [0.25, 0.3) is 11.0 Å². The van der Waals surface area contributed by atoms with E-state index in [0.717, 1.165) is 0 Å². The number of aliphatic hydroxyl groups excluding tert-OH is 1. The highest BCUT2D eigenvalue weighted by molar-refractivity contribution is 7.99. The summed E-state index contributed by atoms with van der Waals surface area (Å²) in [5.41, 5.74) is 1.23. The smallest absolute Gasteiger partial charge is 0.291 e. The predicted octanol–water partition coefficient (Wildman–Crippen LogP) is 2.63. The first kappa shape index (κ1) is 17.7. The predicted molar refractivity (Wildman–Crippen MR) is 85.5 cm³/mol. The SMILES string of the molecule is CC(CCCO)NC(=O)Cn1c(SC(F)F)nc2ccccc21. The minimum Gasteiger partial charge on any atom is -0.396 e. The highest BCUT2D eigenvalue weighted by atomic mass is 32.2. The molecule has 0 saturated carbocycles. The summed E-state index contributed by atoms with van der Waals surface area (Å²) in [5, 5.41) is 11.7. The molecule has 0 fully saturated rings. The minimum atomic E-state index is -2.60. The molecule has 2 rings (SSSR count). The largest absolute Gasteiger partial charge is 0.396 e. The first-order valence-electron chi connectivity index (χ1n) is 7.31. The molecule has 23 heavy (non-hydrogen) atoms. The maximum Gasteiger partial charge on any atom is 0.291 e. The number of carbonyl (C=O) groups excluding carboxylic acids is 1. The second-order valence-corrected chi connectivity index (χ2v) is 6.14. The third kappa shape index (κ3) is 4.90. The molecule has 1 aromatic carbocycles. The van der Waals surface area contributed by atoms with E-state index in [1.807, 2.05) is 6.92 Å². The molecule has 2 N–H and O–H groups in total. The van der Waals surface area contributed by atoms with E-state index in [9.17, 15) is 13.6 Å². The van der Waals surface area contributed by atoms with Crippen molar-refractivity contribution in [3.8, 4) is 0 Å². The topological polar surface area (TPSA) is 67.2 Å². The molecular formula is C15H19F2N3O2S. The zero-order valence-corrected chi connectivity index (χ0v) is 13.5. The molecule has 0 bridgehead atoms. The number of para-hydroxylation sites is 2. The van der Waals surface area contributed by atoms with Gasteiger partial charge in [-0.15, -0.1) is 0 Å². The quantitative estimate of drug-likeness (QED) is 0.723. The molecule has 0 radical (unpaired) electrons. The lowest BCUT2D eigenvalue weighted by Gasteiger charge is -2.14. The van der Waals surface area contributed by atoms with E-state index in [2.05, 4.69) is 10.3 Å². The highest BCUT2D eigenvalue weighted by Gasteiger charge is 2.18. The standard InChI is InChI=1S/C15H19F2N3O2S/c1-10(5-4-8-21)18-13(22)9-20-12-7-3-2-6-11(12)19-15(20)23-14(16)17/h2-3,6-7,10,14,21H,4-5,8-9H2,1H3,(H,18,22). The number of nitrogens with one attached hydrogen (secondary N) is 1. The Bertz CT molecular complexity index is 663. The summed E-state index contributed by atoms with van der Waals surface area (Å²) < 4.78 is 26.9. The third-order valence-electron chi connectivity index (χ3n) is 3.32. The minimum absolute atomic E-state index is 0.0704. The van der Waals surface area contributed by atoms with E-state index in [4.69, 9.17) is 5.11 Å². The Morgan fingerprint density at radius 1 is 1.43 bits per heavy atom. The summed E-state index contributed by atoms with van der Waals surface area (Å²) in [6, 6.07) is 6.94. The van der Waals surface area contributed by atoms with Gasteiger partial charge >= 0.3 is 0 Å². The average molecular weight is 343 g/mol. The van der Waals surface area contributed by atoms with Gasteiger partial charge in [-0.05, 0) is 43.7 Å². The van der Waals surface area contributed by atoms with Crippen LogP contribution >= 0.6 is 11.8 Å². The second-order valence-electron chi connectivity index (χ2n) is 5.18. The summed E-state index contributed by atoms with van der Waals surface area (Å²) in [5.74, 6) is -2.87. The Balaban J connectivity index is 2.15. The van der Waals surface area contributed by atoms with Crippen LogP contribution in [0.5, 0.6) is 0 Å². The van der Waals surface area contributed by atoms with Crippen LogP contribution in [0.1, 0.15) is 19.8 Å². The molecule has 1 atom stereocenters. The molecule has 0 aliphatic rings. The average Bonchev–Trinajstić information content (AvgIpc) is 2.82. The number of hydrogen-bond acceptors (Lipinski definition) is 4. The number of aliphatic hydroxyl groups is 1. The lowest BCUT2D eigenvalue weighted by molar-refractivity contribution is -0.122. The van der Waals surface area contributed by atoms with Gasteiger partial charge in [0.15, 0.2) is 5.16 Å². The molecule has 0 spiro atoms. The molecule has 0 aliphatic carbocycles. The summed E-state index contributed by atoms with van der Waals surface area (Å²) in [6.07, 6.45) is 1.26. The lowest BCUT2D eigenvalue weighted by Crippen LogP contribution is -2.35. The number of aromatic nitrogens is 2. The summed E-state index contributed by atoms with van der Waals surface area (Å²) in [6.45, 7) is 1.84. The fraction of sp³-hybridized carbons (Fsp3) is 0.467. The van der Waals surface area contributed by atoms with Crippen molar-refractivity contribution in [2.75, 3.05) is 6.61 Å². The van der Waals surface area contributed by atoms with Crippen molar-refractivity contribution in [1.29, 1.82) is 0 Å². The van der Waals surface area contributed by atoms with E-state index < -0.39 is 5.76 Å². The van der Waals surface area contributed by atoms with Crippen LogP contribution in [-0.4, -0.2) is 39.0 Å². The number of amides is 1. The molecule has 126 valence electrons. The molecule has 8 heteroatoms. The fourth-order valence-electron chi connectivity index (χ4n) is 2.31. The molecule has 2 aromatic rings. The van der Waals surface area contributed by atoms with Gasteiger partial charge in [0, 0.05) is 12.6 Å². The van der Waals surface area contributed by atoms with Gasteiger partial charge in [-0.2, -0.15) is 8.78 Å². The number of halogens is 2.